The minimum atomic E-state index is -0.0893. The Kier molecular flexibility index (Phi) is 7.75. The van der Waals surface area contributed by atoms with Crippen molar-refractivity contribution in [1.82, 2.24) is 9.80 Å². The van der Waals surface area contributed by atoms with Gasteiger partial charge in [-0.05, 0) is 90.1 Å². The highest BCUT2D eigenvalue weighted by molar-refractivity contribution is 14.1. The first-order valence-corrected chi connectivity index (χ1v) is 11.8. The molecule has 1 amide bonds. The maximum absolute atomic E-state index is 12.7. The maximum atomic E-state index is 12.7. The first kappa shape index (κ1) is 23.0. The Morgan fingerprint density at radius 3 is 2.47 bits per heavy atom. The third kappa shape index (κ3) is 4.97. The summed E-state index contributed by atoms with van der Waals surface area (Å²) in [4.78, 5) is 16.0. The summed E-state index contributed by atoms with van der Waals surface area (Å²) in [6.45, 7) is 5.34. The van der Waals surface area contributed by atoms with Crippen LogP contribution in [0.15, 0.2) is 46.6 Å². The van der Waals surface area contributed by atoms with Crippen LogP contribution in [0.2, 0.25) is 0 Å². The number of amides is 1. The van der Waals surface area contributed by atoms with Gasteiger partial charge in [-0.3, -0.25) is 9.69 Å². The fourth-order valence-corrected chi connectivity index (χ4v) is 4.41. The van der Waals surface area contributed by atoms with Crippen LogP contribution in [0.5, 0.6) is 11.5 Å². The Morgan fingerprint density at radius 1 is 1.17 bits per heavy atom. The van der Waals surface area contributed by atoms with E-state index in [1.165, 1.54) is 0 Å². The number of likely N-dealkylation sites (N-methyl/N-ethyl adjacent to an activating group) is 2. The van der Waals surface area contributed by atoms with Crippen LogP contribution < -0.4 is 9.47 Å². The molecule has 158 valence electrons. The summed E-state index contributed by atoms with van der Waals surface area (Å²) in [6, 6.07) is 11.9. The van der Waals surface area contributed by atoms with E-state index in [0.717, 1.165) is 19.2 Å². The predicted molar refractivity (Wildman–Crippen MR) is 135 cm³/mol. The number of hydrogen-bond donors (Lipinski definition) is 0. The van der Waals surface area contributed by atoms with Crippen molar-refractivity contribution in [3.05, 3.63) is 61.3 Å². The first-order chi connectivity index (χ1) is 14.3. The van der Waals surface area contributed by atoms with Crippen molar-refractivity contribution < 1.29 is 14.3 Å². The van der Waals surface area contributed by atoms with Gasteiger partial charge in [0.05, 0.1) is 10.2 Å². The number of ether oxygens (including phenoxy) is 2. The summed E-state index contributed by atoms with van der Waals surface area (Å²) in [5.41, 5.74) is 2.47. The van der Waals surface area contributed by atoms with Crippen LogP contribution in [0.1, 0.15) is 25.0 Å². The van der Waals surface area contributed by atoms with E-state index in [4.69, 9.17) is 21.7 Å². The van der Waals surface area contributed by atoms with E-state index in [2.05, 4.69) is 38.5 Å². The smallest absolute Gasteiger partial charge is 0.276 e. The van der Waals surface area contributed by atoms with Crippen molar-refractivity contribution in [3.63, 3.8) is 0 Å². The number of thiocarbonyl (C=S) groups is 1. The van der Waals surface area contributed by atoms with E-state index in [9.17, 15) is 4.79 Å². The normalized spacial score (nSPS) is 15.3. The zero-order valence-corrected chi connectivity index (χ0v) is 21.5. The molecular formula is C22H22BrIN2O3S. The molecule has 3 rings (SSSR count). The average molecular weight is 601 g/mol. The molecule has 30 heavy (non-hydrogen) atoms. The zero-order chi connectivity index (χ0) is 21.8. The fourth-order valence-electron chi connectivity index (χ4n) is 3.06. The van der Waals surface area contributed by atoms with Gasteiger partial charge in [-0.15, -0.1) is 0 Å². The van der Waals surface area contributed by atoms with E-state index in [-0.39, 0.29) is 5.91 Å². The number of hydrogen-bond acceptors (Lipinski definition) is 4. The Bertz CT molecular complexity index is 995. The van der Waals surface area contributed by atoms with Gasteiger partial charge in [-0.1, -0.05) is 28.1 Å². The van der Waals surface area contributed by atoms with Crippen LogP contribution in [0, 0.1) is 3.57 Å². The lowest BCUT2D eigenvalue weighted by Crippen LogP contribution is -2.30. The highest BCUT2D eigenvalue weighted by Crippen LogP contribution is 2.36. The van der Waals surface area contributed by atoms with Gasteiger partial charge in [0, 0.05) is 18.1 Å². The summed E-state index contributed by atoms with van der Waals surface area (Å²) in [5, 5.41) is 0.517. The number of halogens is 2. The number of nitrogens with zero attached hydrogens (tertiary/aromatic N) is 2. The van der Waals surface area contributed by atoms with E-state index < -0.39 is 0 Å². The largest absolute Gasteiger partial charge is 0.490 e. The highest BCUT2D eigenvalue weighted by atomic mass is 127. The van der Waals surface area contributed by atoms with Gasteiger partial charge >= 0.3 is 0 Å². The molecule has 0 unspecified atom stereocenters. The van der Waals surface area contributed by atoms with Gasteiger partial charge in [-0.25, -0.2) is 0 Å². The topological polar surface area (TPSA) is 42.0 Å². The molecule has 0 aromatic heterocycles. The predicted octanol–water partition coefficient (Wildman–Crippen LogP) is 5.45. The molecule has 1 aliphatic rings. The molecule has 1 saturated heterocycles. The second kappa shape index (κ2) is 10.1. The molecule has 1 aliphatic heterocycles. The second-order valence-corrected chi connectivity index (χ2v) is 9.04. The van der Waals surface area contributed by atoms with E-state index >= 15 is 0 Å². The standard InChI is InChI=1S/C22H22BrIN2O3S/c1-4-26-21(27)18(25(3)22(26)30)11-15-10-17(24)20(19(12-15)28-5-2)29-13-14-6-8-16(23)9-7-14/h6-12H,4-5,13H2,1-3H3/b18-11-. The Hall–Kier alpha value is -1.65. The summed E-state index contributed by atoms with van der Waals surface area (Å²) in [7, 11) is 1.81. The SMILES string of the molecule is CCOc1cc(/C=C2/C(=O)N(CC)C(=S)N2C)cc(I)c1OCc1ccc(Br)cc1. The molecule has 0 aliphatic carbocycles. The molecule has 0 N–H and O–H groups in total. The van der Waals surface area contributed by atoms with Crippen molar-refractivity contribution in [2.75, 3.05) is 20.2 Å². The lowest BCUT2D eigenvalue weighted by molar-refractivity contribution is -0.122. The lowest BCUT2D eigenvalue weighted by Gasteiger charge is -2.16. The number of carbonyl (C=O) groups is 1. The van der Waals surface area contributed by atoms with Crippen LogP contribution in [-0.4, -0.2) is 41.0 Å². The van der Waals surface area contributed by atoms with Crippen molar-refractivity contribution >= 4 is 67.8 Å². The minimum absolute atomic E-state index is 0.0893. The highest BCUT2D eigenvalue weighted by Gasteiger charge is 2.34. The van der Waals surface area contributed by atoms with Crippen LogP contribution >= 0.6 is 50.7 Å². The van der Waals surface area contributed by atoms with E-state index in [0.29, 0.717) is 42.1 Å². The molecule has 0 radical (unpaired) electrons. The van der Waals surface area contributed by atoms with Crippen LogP contribution in [0.4, 0.5) is 0 Å². The molecule has 5 nitrogen and oxygen atoms in total. The van der Waals surface area contributed by atoms with Crippen molar-refractivity contribution in [1.29, 1.82) is 0 Å². The molecule has 0 saturated carbocycles. The van der Waals surface area contributed by atoms with Gasteiger partial charge in [0.25, 0.3) is 5.91 Å². The summed E-state index contributed by atoms with van der Waals surface area (Å²) >= 11 is 11.1. The maximum Gasteiger partial charge on any atom is 0.276 e. The van der Waals surface area contributed by atoms with Gasteiger partial charge < -0.3 is 14.4 Å². The molecule has 0 atom stereocenters. The number of carbonyl (C=O) groups excluding carboxylic acids is 1. The number of benzene rings is 2. The second-order valence-electron chi connectivity index (χ2n) is 6.60. The molecule has 0 bridgehead atoms. The van der Waals surface area contributed by atoms with Crippen LogP contribution in [-0.2, 0) is 11.4 Å². The van der Waals surface area contributed by atoms with E-state index in [1.54, 1.807) is 9.80 Å². The van der Waals surface area contributed by atoms with Gasteiger partial charge in [0.1, 0.15) is 12.3 Å². The zero-order valence-electron chi connectivity index (χ0n) is 16.9. The third-order valence-electron chi connectivity index (χ3n) is 4.59. The lowest BCUT2D eigenvalue weighted by atomic mass is 10.1. The monoisotopic (exact) mass is 600 g/mol. The molecule has 2 aromatic rings. The average Bonchev–Trinajstić information content (AvgIpc) is 2.91. The summed E-state index contributed by atoms with van der Waals surface area (Å²) in [5.74, 6) is 1.25. The molecule has 1 fully saturated rings. The molecular weight excluding hydrogens is 579 g/mol. The van der Waals surface area contributed by atoms with Crippen molar-refractivity contribution in [2.45, 2.75) is 20.5 Å². The van der Waals surface area contributed by atoms with E-state index in [1.807, 2.05) is 63.4 Å². The quantitative estimate of drug-likeness (QED) is 0.240. The van der Waals surface area contributed by atoms with Gasteiger partial charge in [0.2, 0.25) is 0 Å². The van der Waals surface area contributed by atoms with Crippen LogP contribution in [0.25, 0.3) is 6.08 Å². The van der Waals surface area contributed by atoms with Crippen molar-refractivity contribution in [2.24, 2.45) is 0 Å². The molecule has 1 heterocycles. The first-order valence-electron chi connectivity index (χ1n) is 9.50. The third-order valence-corrected chi connectivity index (χ3v) is 6.42. The summed E-state index contributed by atoms with van der Waals surface area (Å²) in [6.07, 6.45) is 1.84. The number of rotatable bonds is 7. The Balaban J connectivity index is 1.90. The van der Waals surface area contributed by atoms with Gasteiger partial charge in [0.15, 0.2) is 16.6 Å². The Morgan fingerprint density at radius 2 is 1.87 bits per heavy atom. The molecule has 0 spiro atoms. The Labute approximate surface area is 204 Å². The van der Waals surface area contributed by atoms with Gasteiger partial charge in [-0.2, -0.15) is 0 Å². The molecule has 8 heteroatoms. The van der Waals surface area contributed by atoms with Crippen LogP contribution in [0.3, 0.4) is 0 Å². The fraction of sp³-hybridized carbons (Fsp3) is 0.273. The molecule has 2 aromatic carbocycles. The summed E-state index contributed by atoms with van der Waals surface area (Å²) < 4.78 is 13.9. The minimum Gasteiger partial charge on any atom is -0.490 e. The van der Waals surface area contributed by atoms with Crippen molar-refractivity contribution in [3.8, 4) is 11.5 Å².